The molecular weight excluding hydrogens is 363 g/mol. The summed E-state index contributed by atoms with van der Waals surface area (Å²) in [4.78, 5) is 12.0. The van der Waals surface area contributed by atoms with Gasteiger partial charge in [0.15, 0.2) is 12.4 Å². The van der Waals surface area contributed by atoms with Crippen molar-refractivity contribution in [3.8, 4) is 11.5 Å². The van der Waals surface area contributed by atoms with Crippen molar-refractivity contribution in [3.05, 3.63) is 57.3 Å². The quantitative estimate of drug-likeness (QED) is 0.571. The summed E-state index contributed by atoms with van der Waals surface area (Å²) in [5.41, 5.74) is 0.458. The Morgan fingerprint density at radius 2 is 2.10 bits per heavy atom. The second-order valence-electron chi connectivity index (χ2n) is 4.14. The van der Waals surface area contributed by atoms with E-state index in [1.807, 2.05) is 0 Å². The van der Waals surface area contributed by atoms with Gasteiger partial charge in [-0.15, -0.1) is 0 Å². The van der Waals surface area contributed by atoms with Gasteiger partial charge in [-0.25, -0.2) is 4.39 Å². The van der Waals surface area contributed by atoms with Crippen LogP contribution < -0.4 is 9.47 Å². The lowest BCUT2D eigenvalue weighted by Crippen LogP contribution is -2.12. The molecule has 0 aliphatic heterocycles. The highest BCUT2D eigenvalue weighted by Crippen LogP contribution is 2.30. The monoisotopic (exact) mass is 372 g/mol. The minimum absolute atomic E-state index is 0.0200. The smallest absolute Gasteiger partial charge is 0.200 e. The molecular formula is C15H11BrClFO3. The number of ketones is 1. The Morgan fingerprint density at radius 3 is 2.81 bits per heavy atom. The third-order valence-electron chi connectivity index (χ3n) is 2.73. The first-order valence-corrected chi connectivity index (χ1v) is 7.13. The third kappa shape index (κ3) is 3.95. The van der Waals surface area contributed by atoms with Gasteiger partial charge >= 0.3 is 0 Å². The highest BCUT2D eigenvalue weighted by Gasteiger charge is 2.12. The summed E-state index contributed by atoms with van der Waals surface area (Å²) in [5.74, 6) is -0.0485. The average molecular weight is 374 g/mol. The molecule has 2 aromatic carbocycles. The maximum atomic E-state index is 13.4. The maximum Gasteiger partial charge on any atom is 0.200 e. The van der Waals surface area contributed by atoms with Crippen LogP contribution >= 0.6 is 27.5 Å². The normalized spacial score (nSPS) is 10.3. The zero-order valence-corrected chi connectivity index (χ0v) is 13.4. The molecule has 0 heterocycles. The minimum Gasteiger partial charge on any atom is -0.497 e. The van der Waals surface area contributed by atoms with Gasteiger partial charge in [0.25, 0.3) is 0 Å². The van der Waals surface area contributed by atoms with E-state index in [1.165, 1.54) is 13.2 Å². The van der Waals surface area contributed by atoms with Crippen LogP contribution in [0.3, 0.4) is 0 Å². The topological polar surface area (TPSA) is 35.5 Å². The van der Waals surface area contributed by atoms with Crippen molar-refractivity contribution >= 4 is 33.3 Å². The van der Waals surface area contributed by atoms with Crippen LogP contribution in [0.4, 0.5) is 4.39 Å². The molecule has 110 valence electrons. The summed E-state index contributed by atoms with van der Waals surface area (Å²) in [6.07, 6.45) is 0. The first-order chi connectivity index (χ1) is 10.0. The Kier molecular flexibility index (Phi) is 5.20. The molecule has 21 heavy (non-hydrogen) atoms. The molecule has 3 nitrogen and oxygen atoms in total. The highest BCUT2D eigenvalue weighted by atomic mass is 79.9. The lowest BCUT2D eigenvalue weighted by molar-refractivity contribution is 0.0920. The molecule has 0 aliphatic carbocycles. The van der Waals surface area contributed by atoms with Crippen LogP contribution in [-0.2, 0) is 0 Å². The van der Waals surface area contributed by atoms with Gasteiger partial charge in [0.1, 0.15) is 17.3 Å². The van der Waals surface area contributed by atoms with Gasteiger partial charge in [0.2, 0.25) is 0 Å². The highest BCUT2D eigenvalue weighted by molar-refractivity contribution is 9.10. The zero-order valence-electron chi connectivity index (χ0n) is 11.0. The fourth-order valence-corrected chi connectivity index (χ4v) is 2.39. The summed E-state index contributed by atoms with van der Waals surface area (Å²) in [7, 11) is 1.52. The first kappa shape index (κ1) is 15.8. The van der Waals surface area contributed by atoms with E-state index in [0.29, 0.717) is 15.8 Å². The van der Waals surface area contributed by atoms with Gasteiger partial charge < -0.3 is 9.47 Å². The Morgan fingerprint density at radius 1 is 1.33 bits per heavy atom. The molecule has 0 amide bonds. The molecule has 0 unspecified atom stereocenters. The lowest BCUT2D eigenvalue weighted by Gasteiger charge is -2.09. The lowest BCUT2D eigenvalue weighted by atomic mass is 10.1. The summed E-state index contributed by atoms with van der Waals surface area (Å²) >= 11 is 8.84. The van der Waals surface area contributed by atoms with Crippen molar-refractivity contribution in [2.45, 2.75) is 0 Å². The number of rotatable bonds is 5. The molecule has 0 bridgehead atoms. The molecule has 0 atom stereocenters. The average Bonchev–Trinajstić information content (AvgIpc) is 2.49. The Labute approximate surface area is 134 Å². The Balaban J connectivity index is 2.09. The van der Waals surface area contributed by atoms with Crippen LogP contribution in [0.15, 0.2) is 40.9 Å². The van der Waals surface area contributed by atoms with Gasteiger partial charge in [-0.2, -0.15) is 0 Å². The van der Waals surface area contributed by atoms with Crippen LogP contribution in [0.25, 0.3) is 0 Å². The Hall–Kier alpha value is -1.59. The number of methoxy groups -OCH3 is 1. The van der Waals surface area contributed by atoms with E-state index >= 15 is 0 Å². The summed E-state index contributed by atoms with van der Waals surface area (Å²) in [6, 6.07) is 9.23. The number of halogens is 3. The molecule has 0 saturated heterocycles. The van der Waals surface area contributed by atoms with E-state index in [0.717, 1.165) is 6.07 Å². The number of carbonyl (C=O) groups excluding carboxylic acids is 1. The SMILES string of the molecule is COc1cccc(C(=O)COc2cc(F)c(Cl)cc2Br)c1. The second-order valence-corrected chi connectivity index (χ2v) is 5.40. The van der Waals surface area contributed by atoms with E-state index in [1.54, 1.807) is 24.3 Å². The van der Waals surface area contributed by atoms with Crippen LogP contribution in [-0.4, -0.2) is 19.5 Å². The molecule has 0 saturated carbocycles. The molecule has 0 fully saturated rings. The predicted molar refractivity (Wildman–Crippen MR) is 81.9 cm³/mol. The molecule has 2 aromatic rings. The molecule has 0 aliphatic rings. The number of carbonyl (C=O) groups is 1. The zero-order chi connectivity index (χ0) is 15.4. The first-order valence-electron chi connectivity index (χ1n) is 5.96. The molecule has 0 spiro atoms. The molecule has 6 heteroatoms. The molecule has 0 radical (unpaired) electrons. The van der Waals surface area contributed by atoms with Crippen molar-refractivity contribution in [3.63, 3.8) is 0 Å². The summed E-state index contributed by atoms with van der Waals surface area (Å²) < 4.78 is 24.2. The van der Waals surface area contributed by atoms with Crippen molar-refractivity contribution in [2.24, 2.45) is 0 Å². The number of benzene rings is 2. The number of ether oxygens (including phenoxy) is 2. The van der Waals surface area contributed by atoms with Gasteiger partial charge in [-0.1, -0.05) is 23.7 Å². The van der Waals surface area contributed by atoms with E-state index in [-0.39, 0.29) is 23.2 Å². The predicted octanol–water partition coefficient (Wildman–Crippen LogP) is 4.51. The van der Waals surface area contributed by atoms with Crippen molar-refractivity contribution in [1.82, 2.24) is 0 Å². The van der Waals surface area contributed by atoms with E-state index in [2.05, 4.69) is 15.9 Å². The number of hydrogen-bond acceptors (Lipinski definition) is 3. The summed E-state index contributed by atoms with van der Waals surface area (Å²) in [6.45, 7) is -0.215. The van der Waals surface area contributed by atoms with Gasteiger partial charge in [-0.05, 0) is 34.1 Å². The van der Waals surface area contributed by atoms with E-state index in [4.69, 9.17) is 21.1 Å². The number of Topliss-reactive ketones (excluding diaryl/α,β-unsaturated/α-hetero) is 1. The van der Waals surface area contributed by atoms with Crippen LogP contribution in [0, 0.1) is 5.82 Å². The van der Waals surface area contributed by atoms with Crippen molar-refractivity contribution < 1.29 is 18.7 Å². The fourth-order valence-electron chi connectivity index (χ4n) is 1.64. The van der Waals surface area contributed by atoms with E-state index < -0.39 is 5.82 Å². The fraction of sp³-hybridized carbons (Fsp3) is 0.133. The van der Waals surface area contributed by atoms with Crippen LogP contribution in [0.1, 0.15) is 10.4 Å². The van der Waals surface area contributed by atoms with Gasteiger partial charge in [0.05, 0.1) is 16.6 Å². The second kappa shape index (κ2) is 6.91. The van der Waals surface area contributed by atoms with E-state index in [9.17, 15) is 9.18 Å². The standard InChI is InChI=1S/C15H11BrClFO3/c1-20-10-4-2-3-9(5-10)14(19)8-21-15-7-13(18)12(17)6-11(15)16/h2-7H,8H2,1H3. The van der Waals surface area contributed by atoms with Gasteiger partial charge in [-0.3, -0.25) is 4.79 Å². The largest absolute Gasteiger partial charge is 0.497 e. The Bertz CT molecular complexity index is 676. The number of hydrogen-bond donors (Lipinski definition) is 0. The van der Waals surface area contributed by atoms with Crippen molar-refractivity contribution in [1.29, 1.82) is 0 Å². The van der Waals surface area contributed by atoms with Gasteiger partial charge in [0, 0.05) is 11.6 Å². The molecule has 2 rings (SSSR count). The molecule has 0 N–H and O–H groups in total. The minimum atomic E-state index is -0.608. The summed E-state index contributed by atoms with van der Waals surface area (Å²) in [5, 5.41) is -0.0200. The van der Waals surface area contributed by atoms with Crippen LogP contribution in [0.5, 0.6) is 11.5 Å². The van der Waals surface area contributed by atoms with Crippen LogP contribution in [0.2, 0.25) is 5.02 Å². The van der Waals surface area contributed by atoms with Crippen molar-refractivity contribution in [2.75, 3.05) is 13.7 Å². The molecule has 0 aromatic heterocycles. The maximum absolute atomic E-state index is 13.4. The third-order valence-corrected chi connectivity index (χ3v) is 3.63.